The number of aliphatic imine (C=N–C) groups is 1. The summed E-state index contributed by atoms with van der Waals surface area (Å²) in [5.41, 5.74) is 1.38. The molecule has 5 heteroatoms. The van der Waals surface area contributed by atoms with Gasteiger partial charge in [0.25, 0.3) is 5.69 Å². The zero-order chi connectivity index (χ0) is 13.0. The highest BCUT2D eigenvalue weighted by Gasteiger charge is 2.02. The van der Waals surface area contributed by atoms with Gasteiger partial charge >= 0.3 is 0 Å². The zero-order valence-electron chi connectivity index (χ0n) is 9.29. The molecular weight excluding hydrogens is 235 g/mol. The van der Waals surface area contributed by atoms with E-state index in [0.717, 1.165) is 5.56 Å². The van der Waals surface area contributed by atoms with Crippen LogP contribution < -0.4 is 0 Å². The van der Waals surface area contributed by atoms with Gasteiger partial charge in [-0.25, -0.2) is 4.39 Å². The van der Waals surface area contributed by atoms with Crippen molar-refractivity contribution >= 4 is 17.6 Å². The number of non-ortho nitro benzene ring substituents is 1. The number of benzene rings is 2. The van der Waals surface area contributed by atoms with Crippen molar-refractivity contribution in [1.29, 1.82) is 0 Å². The second kappa shape index (κ2) is 5.18. The summed E-state index contributed by atoms with van der Waals surface area (Å²) in [6.45, 7) is 0. The SMILES string of the molecule is O=[N+]([O-])c1ccc(/N=C/c2ccc(F)cc2)cc1. The summed E-state index contributed by atoms with van der Waals surface area (Å²) in [7, 11) is 0. The molecule has 0 radical (unpaired) electrons. The van der Waals surface area contributed by atoms with E-state index in [2.05, 4.69) is 4.99 Å². The van der Waals surface area contributed by atoms with E-state index in [0.29, 0.717) is 5.69 Å². The topological polar surface area (TPSA) is 55.5 Å². The maximum Gasteiger partial charge on any atom is 0.269 e. The number of nitro benzene ring substituents is 1. The fourth-order valence-corrected chi connectivity index (χ4v) is 1.36. The molecule has 0 aromatic heterocycles. The monoisotopic (exact) mass is 244 g/mol. The van der Waals surface area contributed by atoms with E-state index in [4.69, 9.17) is 0 Å². The average Bonchev–Trinajstić information content (AvgIpc) is 2.38. The van der Waals surface area contributed by atoms with Crippen LogP contribution in [0.3, 0.4) is 0 Å². The van der Waals surface area contributed by atoms with Gasteiger partial charge in [0.15, 0.2) is 0 Å². The van der Waals surface area contributed by atoms with Crippen LogP contribution in [0.25, 0.3) is 0 Å². The number of hydrogen-bond donors (Lipinski definition) is 0. The average molecular weight is 244 g/mol. The number of nitro groups is 1. The highest BCUT2D eigenvalue weighted by atomic mass is 19.1. The molecule has 0 fully saturated rings. The first-order valence-electron chi connectivity index (χ1n) is 5.19. The summed E-state index contributed by atoms with van der Waals surface area (Å²) < 4.78 is 12.7. The van der Waals surface area contributed by atoms with Gasteiger partial charge in [-0.15, -0.1) is 0 Å². The Bertz CT molecular complexity index is 577. The zero-order valence-corrected chi connectivity index (χ0v) is 9.29. The van der Waals surface area contributed by atoms with Gasteiger partial charge in [-0.2, -0.15) is 0 Å². The minimum Gasteiger partial charge on any atom is -0.258 e. The predicted octanol–water partition coefficient (Wildman–Crippen LogP) is 3.48. The second-order valence-electron chi connectivity index (χ2n) is 3.58. The lowest BCUT2D eigenvalue weighted by Crippen LogP contribution is -1.86. The van der Waals surface area contributed by atoms with Gasteiger partial charge in [0.2, 0.25) is 0 Å². The van der Waals surface area contributed by atoms with Crippen LogP contribution in [0.1, 0.15) is 5.56 Å². The number of rotatable bonds is 3. The van der Waals surface area contributed by atoms with E-state index in [9.17, 15) is 14.5 Å². The molecule has 2 rings (SSSR count). The Kier molecular flexibility index (Phi) is 3.43. The van der Waals surface area contributed by atoms with Crippen molar-refractivity contribution in [1.82, 2.24) is 0 Å². The third-order valence-corrected chi connectivity index (χ3v) is 2.29. The molecule has 0 N–H and O–H groups in total. The molecule has 0 heterocycles. The molecule has 0 aliphatic heterocycles. The van der Waals surface area contributed by atoms with E-state index >= 15 is 0 Å². The van der Waals surface area contributed by atoms with Crippen LogP contribution in [0.5, 0.6) is 0 Å². The van der Waals surface area contributed by atoms with Gasteiger partial charge in [-0.1, -0.05) is 12.1 Å². The molecule has 0 amide bonds. The molecular formula is C13H9FN2O2. The van der Waals surface area contributed by atoms with Crippen LogP contribution >= 0.6 is 0 Å². The van der Waals surface area contributed by atoms with Gasteiger partial charge in [-0.05, 0) is 29.8 Å². The molecule has 0 aliphatic carbocycles. The van der Waals surface area contributed by atoms with Crippen molar-refractivity contribution < 1.29 is 9.31 Å². The first-order chi connectivity index (χ1) is 8.65. The van der Waals surface area contributed by atoms with Gasteiger partial charge in [0.1, 0.15) is 5.82 Å². The predicted molar refractivity (Wildman–Crippen MR) is 66.8 cm³/mol. The lowest BCUT2D eigenvalue weighted by atomic mass is 10.2. The Labute approximate surface area is 103 Å². The Morgan fingerprint density at radius 2 is 1.67 bits per heavy atom. The quantitative estimate of drug-likeness (QED) is 0.471. The van der Waals surface area contributed by atoms with Crippen LogP contribution in [-0.2, 0) is 0 Å². The highest BCUT2D eigenvalue weighted by Crippen LogP contribution is 2.17. The normalized spacial score (nSPS) is 10.7. The van der Waals surface area contributed by atoms with Crippen LogP contribution in [0.15, 0.2) is 53.5 Å². The summed E-state index contributed by atoms with van der Waals surface area (Å²) >= 11 is 0. The third kappa shape index (κ3) is 2.98. The summed E-state index contributed by atoms with van der Waals surface area (Å²) in [4.78, 5) is 14.1. The number of nitrogens with zero attached hydrogens (tertiary/aromatic N) is 2. The summed E-state index contributed by atoms with van der Waals surface area (Å²) in [5.74, 6) is -0.303. The lowest BCUT2D eigenvalue weighted by Gasteiger charge is -1.95. The maximum atomic E-state index is 12.7. The molecule has 0 spiro atoms. The molecule has 0 unspecified atom stereocenters. The third-order valence-electron chi connectivity index (χ3n) is 2.29. The molecule has 0 bridgehead atoms. The molecule has 18 heavy (non-hydrogen) atoms. The molecule has 90 valence electrons. The van der Waals surface area contributed by atoms with Crippen molar-refractivity contribution in [2.24, 2.45) is 4.99 Å². The molecule has 0 saturated heterocycles. The molecule has 4 nitrogen and oxygen atoms in total. The van der Waals surface area contributed by atoms with Gasteiger partial charge < -0.3 is 0 Å². The molecule has 0 aliphatic rings. The van der Waals surface area contributed by atoms with Gasteiger partial charge in [0, 0.05) is 18.3 Å². The lowest BCUT2D eigenvalue weighted by molar-refractivity contribution is -0.384. The molecule has 2 aromatic carbocycles. The van der Waals surface area contributed by atoms with E-state index in [1.165, 1.54) is 24.3 Å². The number of halogens is 1. The number of hydrogen-bond acceptors (Lipinski definition) is 3. The smallest absolute Gasteiger partial charge is 0.258 e. The molecule has 2 aromatic rings. The van der Waals surface area contributed by atoms with Crippen molar-refractivity contribution in [3.63, 3.8) is 0 Å². The summed E-state index contributed by atoms with van der Waals surface area (Å²) in [5, 5.41) is 10.5. The van der Waals surface area contributed by atoms with Crippen LogP contribution in [0.4, 0.5) is 15.8 Å². The first kappa shape index (κ1) is 11.9. The van der Waals surface area contributed by atoms with Crippen molar-refractivity contribution in [3.05, 3.63) is 70.0 Å². The maximum absolute atomic E-state index is 12.7. The molecule has 0 atom stereocenters. The van der Waals surface area contributed by atoms with Crippen molar-refractivity contribution in [2.75, 3.05) is 0 Å². The summed E-state index contributed by atoms with van der Waals surface area (Å²) in [6, 6.07) is 11.8. The van der Waals surface area contributed by atoms with Crippen LogP contribution in [-0.4, -0.2) is 11.1 Å². The first-order valence-corrected chi connectivity index (χ1v) is 5.19. The fourth-order valence-electron chi connectivity index (χ4n) is 1.36. The minimum absolute atomic E-state index is 0.0238. The van der Waals surface area contributed by atoms with E-state index in [1.54, 1.807) is 30.5 Å². The van der Waals surface area contributed by atoms with Crippen molar-refractivity contribution in [3.8, 4) is 0 Å². The Morgan fingerprint density at radius 1 is 1.06 bits per heavy atom. The van der Waals surface area contributed by atoms with Crippen molar-refractivity contribution in [2.45, 2.75) is 0 Å². The summed E-state index contributed by atoms with van der Waals surface area (Å²) in [6.07, 6.45) is 1.57. The van der Waals surface area contributed by atoms with Gasteiger partial charge in [0.05, 0.1) is 10.6 Å². The van der Waals surface area contributed by atoms with E-state index in [1.807, 2.05) is 0 Å². The van der Waals surface area contributed by atoms with Crippen LogP contribution in [0.2, 0.25) is 0 Å². The van der Waals surface area contributed by atoms with E-state index < -0.39 is 4.92 Å². The van der Waals surface area contributed by atoms with Gasteiger partial charge in [-0.3, -0.25) is 15.1 Å². The van der Waals surface area contributed by atoms with Crippen LogP contribution in [0, 0.1) is 15.9 Å². The van der Waals surface area contributed by atoms with E-state index in [-0.39, 0.29) is 11.5 Å². The highest BCUT2D eigenvalue weighted by molar-refractivity contribution is 5.81. The Hall–Kier alpha value is -2.56. The minimum atomic E-state index is -0.465. The fraction of sp³-hybridized carbons (Fsp3) is 0. The second-order valence-corrected chi connectivity index (χ2v) is 3.58. The largest absolute Gasteiger partial charge is 0.269 e. The standard InChI is InChI=1S/C13H9FN2O2/c14-11-3-1-10(2-4-11)9-15-12-5-7-13(8-6-12)16(17)18/h1-9H/b15-9+. The Balaban J connectivity index is 2.13. The molecule has 0 saturated carbocycles. The Morgan fingerprint density at radius 3 is 2.22 bits per heavy atom.